The average Bonchev–Trinajstić information content (AvgIpc) is 2.34. The van der Waals surface area contributed by atoms with Crippen molar-refractivity contribution < 1.29 is 24.1 Å². The Morgan fingerprint density at radius 3 is 2.25 bits per heavy atom. The molecular formula is C10H17OTi. The van der Waals surface area contributed by atoms with E-state index in [4.69, 9.17) is 3.32 Å². The number of fused-ring (bicyclic) bond motifs is 2. The van der Waals surface area contributed by atoms with Crippen molar-refractivity contribution in [1.29, 1.82) is 0 Å². The first-order chi connectivity index (χ1) is 5.52. The third kappa shape index (κ3) is 0.881. The monoisotopic (exact) mass is 201 g/mol. The number of hydrogen-bond acceptors (Lipinski definition) is 1. The maximum atomic E-state index is 5.58. The second kappa shape index (κ2) is 2.59. The van der Waals surface area contributed by atoms with Gasteiger partial charge in [-0.2, -0.15) is 0 Å². The van der Waals surface area contributed by atoms with Crippen molar-refractivity contribution in [3.05, 3.63) is 0 Å². The van der Waals surface area contributed by atoms with Gasteiger partial charge < -0.3 is 0 Å². The van der Waals surface area contributed by atoms with Crippen LogP contribution in [0.2, 0.25) is 0 Å². The predicted octanol–water partition coefficient (Wildman–Crippen LogP) is 2.68. The first-order valence-corrected chi connectivity index (χ1v) is 5.48. The molecular weight excluding hydrogens is 184 g/mol. The summed E-state index contributed by atoms with van der Waals surface area (Å²) < 4.78 is 5.58. The molecule has 2 aliphatic rings. The fourth-order valence-corrected chi connectivity index (χ4v) is 3.86. The summed E-state index contributed by atoms with van der Waals surface area (Å²) in [6.07, 6.45) is 4.60. The second-order valence-corrected chi connectivity index (χ2v) is 5.59. The van der Waals surface area contributed by atoms with Crippen LogP contribution in [0.5, 0.6) is 0 Å². The molecule has 0 amide bonds. The van der Waals surface area contributed by atoms with Crippen molar-refractivity contribution in [2.75, 3.05) is 0 Å². The molecule has 2 saturated carbocycles. The van der Waals surface area contributed by atoms with Gasteiger partial charge in [-0.15, -0.1) is 0 Å². The Hall–Kier alpha value is 0.674. The second-order valence-electron chi connectivity index (χ2n) is 5.22. The van der Waals surface area contributed by atoms with E-state index in [2.05, 4.69) is 20.8 Å². The van der Waals surface area contributed by atoms with Gasteiger partial charge in [0, 0.05) is 0 Å². The molecule has 0 spiro atoms. The van der Waals surface area contributed by atoms with E-state index in [1.165, 1.54) is 19.3 Å². The Morgan fingerprint density at radius 1 is 1.33 bits per heavy atom. The maximum absolute atomic E-state index is 5.58. The summed E-state index contributed by atoms with van der Waals surface area (Å²) in [6.45, 7) is 7.25. The molecule has 2 rings (SSSR count). The van der Waals surface area contributed by atoms with Gasteiger partial charge in [-0.3, -0.25) is 0 Å². The van der Waals surface area contributed by atoms with Crippen LogP contribution in [0.3, 0.4) is 0 Å². The molecule has 2 bridgehead atoms. The first-order valence-electron chi connectivity index (χ1n) is 4.85. The van der Waals surface area contributed by atoms with Gasteiger partial charge in [0.1, 0.15) is 0 Å². The van der Waals surface area contributed by atoms with Crippen LogP contribution in [0.4, 0.5) is 0 Å². The Bertz CT molecular complexity index is 202. The average molecular weight is 201 g/mol. The van der Waals surface area contributed by atoms with Gasteiger partial charge in [-0.1, -0.05) is 0 Å². The zero-order valence-electron chi connectivity index (χ0n) is 8.18. The normalized spacial score (nSPS) is 49.8. The molecule has 0 heterocycles. The van der Waals surface area contributed by atoms with Gasteiger partial charge in [0.15, 0.2) is 0 Å². The molecule has 0 N–H and O–H groups in total. The molecule has 3 unspecified atom stereocenters. The molecule has 0 aliphatic heterocycles. The zero-order valence-corrected chi connectivity index (χ0v) is 9.75. The van der Waals surface area contributed by atoms with E-state index >= 15 is 0 Å². The summed E-state index contributed by atoms with van der Waals surface area (Å²) in [7, 11) is 0. The minimum atomic E-state index is 0.451. The molecule has 0 saturated heterocycles. The quantitative estimate of drug-likeness (QED) is 0.592. The van der Waals surface area contributed by atoms with E-state index in [9.17, 15) is 0 Å². The summed E-state index contributed by atoms with van der Waals surface area (Å²) in [6, 6.07) is 0. The van der Waals surface area contributed by atoms with Crippen molar-refractivity contribution in [3.8, 4) is 0 Å². The van der Waals surface area contributed by atoms with E-state index in [-0.39, 0.29) is 0 Å². The Balaban J connectivity index is 2.33. The van der Waals surface area contributed by atoms with Crippen LogP contribution in [0.25, 0.3) is 0 Å². The molecule has 1 nitrogen and oxygen atoms in total. The fraction of sp³-hybridized carbons (Fsp3) is 1.00. The van der Waals surface area contributed by atoms with E-state index in [0.29, 0.717) is 16.9 Å². The van der Waals surface area contributed by atoms with Crippen LogP contribution in [0.15, 0.2) is 0 Å². The topological polar surface area (TPSA) is 9.23 Å². The Labute approximate surface area is 87.1 Å². The van der Waals surface area contributed by atoms with Crippen molar-refractivity contribution in [2.45, 2.75) is 46.1 Å². The van der Waals surface area contributed by atoms with Crippen molar-refractivity contribution in [1.82, 2.24) is 0 Å². The van der Waals surface area contributed by atoms with Crippen molar-refractivity contribution >= 4 is 0 Å². The number of hydrogen-bond donors (Lipinski definition) is 0. The molecule has 2 aliphatic carbocycles. The third-order valence-electron chi connectivity index (χ3n) is 4.86. The summed E-state index contributed by atoms with van der Waals surface area (Å²) in [4.78, 5) is 0. The molecule has 0 aromatic heterocycles. The van der Waals surface area contributed by atoms with Crippen LogP contribution < -0.4 is 0 Å². The number of rotatable bonds is 1. The zero-order chi connectivity index (χ0) is 8.98. The summed E-state index contributed by atoms with van der Waals surface area (Å²) in [5.41, 5.74) is 0.958. The van der Waals surface area contributed by atoms with Crippen LogP contribution >= 0.6 is 0 Å². The van der Waals surface area contributed by atoms with E-state index < -0.39 is 0 Å². The Morgan fingerprint density at radius 2 is 2.00 bits per heavy atom. The molecule has 2 heteroatoms. The van der Waals surface area contributed by atoms with Crippen molar-refractivity contribution in [2.24, 2.45) is 16.7 Å². The third-order valence-corrected chi connectivity index (χ3v) is 5.30. The van der Waals surface area contributed by atoms with Gasteiger partial charge in [0.2, 0.25) is 0 Å². The SMILES string of the molecule is CC1(C)C2CCC1(C)C([O][Ti])C2. The van der Waals surface area contributed by atoms with Crippen LogP contribution in [-0.2, 0) is 24.1 Å². The standard InChI is InChI=1S/C10H17O.Ti/c1-9(2)7-4-5-10(9,3)8(11)6-7;/h7-8H,4-6H2,1-3H3;/q-1;+1. The molecule has 67 valence electrons. The molecule has 0 aromatic rings. The molecule has 12 heavy (non-hydrogen) atoms. The van der Waals surface area contributed by atoms with Gasteiger partial charge in [0.25, 0.3) is 0 Å². The van der Waals surface area contributed by atoms with E-state index in [1.807, 2.05) is 20.8 Å². The van der Waals surface area contributed by atoms with Crippen molar-refractivity contribution in [3.63, 3.8) is 0 Å². The summed E-state index contributed by atoms with van der Waals surface area (Å²) in [5.74, 6) is 0.910. The minimum absolute atomic E-state index is 0.451. The van der Waals surface area contributed by atoms with Gasteiger partial charge >= 0.3 is 87.0 Å². The summed E-state index contributed by atoms with van der Waals surface area (Å²) >= 11 is 1.87. The van der Waals surface area contributed by atoms with E-state index in [1.54, 1.807) is 0 Å². The first kappa shape index (κ1) is 9.24. The molecule has 2 fully saturated rings. The van der Waals surface area contributed by atoms with E-state index in [0.717, 1.165) is 5.92 Å². The van der Waals surface area contributed by atoms with Gasteiger partial charge in [-0.25, -0.2) is 0 Å². The van der Waals surface area contributed by atoms with Gasteiger partial charge in [-0.05, 0) is 0 Å². The van der Waals surface area contributed by atoms with Crippen LogP contribution in [-0.4, -0.2) is 6.10 Å². The van der Waals surface area contributed by atoms with Gasteiger partial charge in [0.05, 0.1) is 0 Å². The van der Waals surface area contributed by atoms with Crippen LogP contribution in [0.1, 0.15) is 40.0 Å². The molecule has 0 aromatic carbocycles. The molecule has 0 radical (unpaired) electrons. The molecule has 3 atom stereocenters. The van der Waals surface area contributed by atoms with Crippen LogP contribution in [0, 0.1) is 16.7 Å². The predicted molar refractivity (Wildman–Crippen MR) is 44.1 cm³/mol. The fourth-order valence-electron chi connectivity index (χ4n) is 3.31. The summed E-state index contributed by atoms with van der Waals surface area (Å²) in [5, 5.41) is 0. The Kier molecular flexibility index (Phi) is 1.99.